The Morgan fingerprint density at radius 1 is 1.44 bits per heavy atom. The zero-order chi connectivity index (χ0) is 11.4. The van der Waals surface area contributed by atoms with Crippen molar-refractivity contribution in [3.63, 3.8) is 0 Å². The summed E-state index contributed by atoms with van der Waals surface area (Å²) in [4.78, 5) is 2.54. The van der Waals surface area contributed by atoms with Crippen LogP contribution in [0.25, 0.3) is 0 Å². The van der Waals surface area contributed by atoms with E-state index in [1.165, 1.54) is 31.5 Å². The van der Waals surface area contributed by atoms with Crippen LogP contribution in [0.3, 0.4) is 0 Å². The molecule has 6 heteroatoms. The van der Waals surface area contributed by atoms with Crippen LogP contribution in [-0.4, -0.2) is 40.9 Å². The summed E-state index contributed by atoms with van der Waals surface area (Å²) < 4.78 is 1.87. The molecule has 0 radical (unpaired) electrons. The fraction of sp³-hybridized carbons (Fsp3) is 0.750. The third kappa shape index (κ3) is 5.14. The average Bonchev–Trinajstić information content (AvgIpc) is 2.73. The number of hydrogen-bond donors (Lipinski definition) is 1. The molecule has 0 aromatic carbocycles. The maximum absolute atomic E-state index is 5.74. The second-order valence-electron chi connectivity index (χ2n) is 4.82. The minimum Gasteiger partial charge on any atom is -0.330 e. The van der Waals surface area contributed by atoms with E-state index in [0.717, 1.165) is 19.5 Å². The van der Waals surface area contributed by atoms with Gasteiger partial charge in [0, 0.05) is 26.3 Å². The molecule has 1 aromatic heterocycles. The van der Waals surface area contributed by atoms with Gasteiger partial charge >= 0.3 is 0 Å². The summed E-state index contributed by atoms with van der Waals surface area (Å²) in [6.07, 6.45) is 7.77. The normalized spacial score (nSPS) is 20.0. The second-order valence-corrected chi connectivity index (χ2v) is 4.82. The van der Waals surface area contributed by atoms with Gasteiger partial charge in [-0.25, -0.2) is 0 Å². The monoisotopic (exact) mass is 294 g/mol. The molecular formula is C12H24Cl2N4. The van der Waals surface area contributed by atoms with Gasteiger partial charge in [0.15, 0.2) is 0 Å². The molecule has 2 heterocycles. The van der Waals surface area contributed by atoms with Crippen LogP contribution in [0.5, 0.6) is 0 Å². The van der Waals surface area contributed by atoms with Crippen molar-refractivity contribution < 1.29 is 0 Å². The minimum atomic E-state index is 0. The Balaban J connectivity index is 0.00000144. The molecule has 0 amide bonds. The maximum Gasteiger partial charge on any atom is 0.0522 e. The van der Waals surface area contributed by atoms with E-state index in [1.54, 1.807) is 0 Å². The van der Waals surface area contributed by atoms with Crippen molar-refractivity contribution in [2.75, 3.05) is 26.2 Å². The van der Waals surface area contributed by atoms with Gasteiger partial charge in [0.25, 0.3) is 0 Å². The first-order valence-electron chi connectivity index (χ1n) is 6.18. The predicted molar refractivity (Wildman–Crippen MR) is 79.6 cm³/mol. The lowest BCUT2D eigenvalue weighted by molar-refractivity contribution is 0.180. The zero-order valence-corrected chi connectivity index (χ0v) is 12.6. The van der Waals surface area contributed by atoms with Crippen LogP contribution in [0, 0.1) is 5.92 Å². The smallest absolute Gasteiger partial charge is 0.0522 e. The van der Waals surface area contributed by atoms with Gasteiger partial charge in [0.1, 0.15) is 0 Å². The van der Waals surface area contributed by atoms with Crippen molar-refractivity contribution in [2.45, 2.75) is 19.3 Å². The molecule has 1 fully saturated rings. The molecule has 0 bridgehead atoms. The third-order valence-electron chi connectivity index (χ3n) is 3.41. The Hall–Kier alpha value is -0.290. The molecule has 0 aliphatic carbocycles. The fourth-order valence-corrected chi connectivity index (χ4v) is 2.43. The standard InChI is InChI=1S/C12H22N4.2ClH/c1-15-9-12(8-14-15)4-6-16-5-2-3-11(7-13)10-16;;/h8-9,11H,2-7,10,13H2,1H3;2*1H. The highest BCUT2D eigenvalue weighted by Gasteiger charge is 2.18. The van der Waals surface area contributed by atoms with E-state index < -0.39 is 0 Å². The number of rotatable bonds is 4. The number of aryl methyl sites for hydroxylation is 1. The second kappa shape index (κ2) is 8.75. The van der Waals surface area contributed by atoms with E-state index in [4.69, 9.17) is 5.73 Å². The number of hydrogen-bond acceptors (Lipinski definition) is 3. The van der Waals surface area contributed by atoms with Crippen LogP contribution in [0.15, 0.2) is 12.4 Å². The molecule has 18 heavy (non-hydrogen) atoms. The van der Waals surface area contributed by atoms with Crippen LogP contribution >= 0.6 is 24.8 Å². The zero-order valence-electron chi connectivity index (χ0n) is 10.9. The molecule has 1 saturated heterocycles. The van der Waals surface area contributed by atoms with Gasteiger partial charge < -0.3 is 10.6 Å². The molecule has 4 nitrogen and oxygen atoms in total. The number of nitrogens with zero attached hydrogens (tertiary/aromatic N) is 3. The van der Waals surface area contributed by atoms with Gasteiger partial charge in [-0.05, 0) is 43.8 Å². The fourth-order valence-electron chi connectivity index (χ4n) is 2.43. The van der Waals surface area contributed by atoms with E-state index in [9.17, 15) is 0 Å². The summed E-state index contributed by atoms with van der Waals surface area (Å²) in [6, 6.07) is 0. The van der Waals surface area contributed by atoms with Crippen molar-refractivity contribution in [3.05, 3.63) is 18.0 Å². The molecule has 0 saturated carbocycles. The van der Waals surface area contributed by atoms with Crippen LogP contribution in [-0.2, 0) is 13.5 Å². The van der Waals surface area contributed by atoms with Gasteiger partial charge in [0.2, 0.25) is 0 Å². The summed E-state index contributed by atoms with van der Waals surface area (Å²) in [5.74, 6) is 0.711. The summed E-state index contributed by atoms with van der Waals surface area (Å²) in [6.45, 7) is 4.39. The first-order chi connectivity index (χ1) is 7.78. The highest BCUT2D eigenvalue weighted by atomic mass is 35.5. The number of piperidine rings is 1. The topological polar surface area (TPSA) is 47.1 Å². The lowest BCUT2D eigenvalue weighted by Gasteiger charge is -2.31. The van der Waals surface area contributed by atoms with Crippen LogP contribution < -0.4 is 5.73 Å². The minimum absolute atomic E-state index is 0. The summed E-state index contributed by atoms with van der Waals surface area (Å²) >= 11 is 0. The van der Waals surface area contributed by atoms with Crippen LogP contribution in [0.2, 0.25) is 0 Å². The molecule has 0 spiro atoms. The molecule has 2 rings (SSSR count). The quantitative estimate of drug-likeness (QED) is 0.915. The summed E-state index contributed by atoms with van der Waals surface area (Å²) in [5, 5.41) is 4.19. The number of aromatic nitrogens is 2. The van der Waals surface area contributed by atoms with Gasteiger partial charge in [-0.1, -0.05) is 0 Å². The summed E-state index contributed by atoms with van der Waals surface area (Å²) in [5.41, 5.74) is 7.07. The largest absolute Gasteiger partial charge is 0.330 e. The Morgan fingerprint density at radius 2 is 2.22 bits per heavy atom. The van der Waals surface area contributed by atoms with E-state index in [0.29, 0.717) is 5.92 Å². The van der Waals surface area contributed by atoms with Crippen molar-refractivity contribution in [1.29, 1.82) is 0 Å². The molecular weight excluding hydrogens is 271 g/mol. The van der Waals surface area contributed by atoms with Crippen molar-refractivity contribution in [2.24, 2.45) is 18.7 Å². The Bertz CT molecular complexity index is 330. The molecule has 106 valence electrons. The van der Waals surface area contributed by atoms with Crippen molar-refractivity contribution >= 4 is 24.8 Å². The first kappa shape index (κ1) is 17.7. The van der Waals surface area contributed by atoms with E-state index in [2.05, 4.69) is 16.2 Å². The van der Waals surface area contributed by atoms with Crippen LogP contribution in [0.4, 0.5) is 0 Å². The number of nitrogens with two attached hydrogens (primary N) is 1. The average molecular weight is 295 g/mol. The van der Waals surface area contributed by atoms with Crippen LogP contribution in [0.1, 0.15) is 18.4 Å². The predicted octanol–water partition coefficient (Wildman–Crippen LogP) is 1.48. The highest BCUT2D eigenvalue weighted by molar-refractivity contribution is 5.85. The highest BCUT2D eigenvalue weighted by Crippen LogP contribution is 2.15. The first-order valence-corrected chi connectivity index (χ1v) is 6.18. The molecule has 1 atom stereocenters. The number of likely N-dealkylation sites (tertiary alicyclic amines) is 1. The van der Waals surface area contributed by atoms with Gasteiger partial charge in [-0.3, -0.25) is 4.68 Å². The molecule has 1 aliphatic rings. The Kier molecular flexibility index (Phi) is 8.61. The molecule has 1 aliphatic heterocycles. The number of halogens is 2. The molecule has 1 aromatic rings. The molecule has 1 unspecified atom stereocenters. The van der Waals surface area contributed by atoms with Crippen molar-refractivity contribution in [1.82, 2.24) is 14.7 Å². The maximum atomic E-state index is 5.74. The Morgan fingerprint density at radius 3 is 2.83 bits per heavy atom. The lowest BCUT2D eigenvalue weighted by Crippen LogP contribution is -2.39. The van der Waals surface area contributed by atoms with E-state index >= 15 is 0 Å². The van der Waals surface area contributed by atoms with E-state index in [-0.39, 0.29) is 24.8 Å². The lowest BCUT2D eigenvalue weighted by atomic mass is 9.98. The van der Waals surface area contributed by atoms with Gasteiger partial charge in [-0.15, -0.1) is 24.8 Å². The molecule has 2 N–H and O–H groups in total. The summed E-state index contributed by atoms with van der Waals surface area (Å²) in [7, 11) is 1.97. The van der Waals surface area contributed by atoms with Gasteiger partial charge in [0.05, 0.1) is 6.20 Å². The van der Waals surface area contributed by atoms with E-state index in [1.807, 2.05) is 17.9 Å². The SMILES string of the molecule is Cl.Cl.Cn1cc(CCN2CCCC(CN)C2)cn1. The Labute approximate surface area is 122 Å². The van der Waals surface area contributed by atoms with Gasteiger partial charge in [-0.2, -0.15) is 5.10 Å². The van der Waals surface area contributed by atoms with Crippen molar-refractivity contribution in [3.8, 4) is 0 Å². The third-order valence-corrected chi connectivity index (χ3v) is 3.41.